The second kappa shape index (κ2) is 5.39. The van der Waals surface area contributed by atoms with Gasteiger partial charge >= 0.3 is 0 Å². The lowest BCUT2D eigenvalue weighted by molar-refractivity contribution is 0.0939. The number of carbonyl (C=O) groups is 1. The summed E-state index contributed by atoms with van der Waals surface area (Å²) >= 11 is 1.49. The lowest BCUT2D eigenvalue weighted by Crippen LogP contribution is -2.28. The normalized spacial score (nSPS) is 15.3. The van der Waals surface area contributed by atoms with E-state index in [0.717, 1.165) is 24.2 Å². The van der Waals surface area contributed by atoms with Crippen molar-refractivity contribution in [1.29, 1.82) is 5.26 Å². The van der Waals surface area contributed by atoms with Gasteiger partial charge in [-0.1, -0.05) is 0 Å². The first-order chi connectivity index (χ1) is 9.78. The third kappa shape index (κ3) is 2.68. The van der Waals surface area contributed by atoms with E-state index in [2.05, 4.69) is 21.4 Å². The fraction of sp³-hybridized carbons (Fsp3) is 0.286. The summed E-state index contributed by atoms with van der Waals surface area (Å²) < 4.78 is 0. The molecule has 1 atom stereocenters. The zero-order valence-electron chi connectivity index (χ0n) is 10.6. The van der Waals surface area contributed by atoms with Crippen molar-refractivity contribution in [2.75, 3.05) is 0 Å². The van der Waals surface area contributed by atoms with Gasteiger partial charge in [-0.3, -0.25) is 4.79 Å². The Bertz CT molecular complexity index is 658. The first-order valence-corrected chi connectivity index (χ1v) is 7.27. The molecule has 6 heteroatoms. The molecule has 5 nitrogen and oxygen atoms in total. The smallest absolute Gasteiger partial charge is 0.271 e. The highest BCUT2D eigenvalue weighted by atomic mass is 32.1. The summed E-state index contributed by atoms with van der Waals surface area (Å²) in [5.74, 6) is 0.778. The van der Waals surface area contributed by atoms with Crippen LogP contribution in [0.25, 0.3) is 0 Å². The Morgan fingerprint density at radius 2 is 2.35 bits per heavy atom. The maximum absolute atomic E-state index is 12.2. The molecule has 0 bridgehead atoms. The predicted octanol–water partition coefficient (Wildman–Crippen LogP) is 2.41. The number of aromatic nitrogens is 2. The highest BCUT2D eigenvalue weighted by molar-refractivity contribution is 7.08. The van der Waals surface area contributed by atoms with Crippen LogP contribution >= 0.6 is 11.3 Å². The Morgan fingerprint density at radius 3 is 3.00 bits per heavy atom. The summed E-state index contributed by atoms with van der Waals surface area (Å²) in [5.41, 5.74) is 1.11. The van der Waals surface area contributed by atoms with E-state index in [1.54, 1.807) is 12.3 Å². The van der Waals surface area contributed by atoms with Crippen LogP contribution in [-0.2, 0) is 0 Å². The van der Waals surface area contributed by atoms with Gasteiger partial charge in [-0.15, -0.1) is 0 Å². The van der Waals surface area contributed by atoms with Gasteiger partial charge in [-0.25, -0.2) is 9.97 Å². The molecule has 1 fully saturated rings. The Kier molecular flexibility index (Phi) is 3.44. The lowest BCUT2D eigenvalue weighted by atomic mass is 10.1. The van der Waals surface area contributed by atoms with Gasteiger partial charge in [0.25, 0.3) is 5.91 Å². The molecule has 0 saturated heterocycles. The van der Waals surface area contributed by atoms with Crippen LogP contribution in [0.4, 0.5) is 0 Å². The van der Waals surface area contributed by atoms with Crippen LogP contribution in [-0.4, -0.2) is 15.9 Å². The van der Waals surface area contributed by atoms with Crippen molar-refractivity contribution >= 4 is 17.2 Å². The summed E-state index contributed by atoms with van der Waals surface area (Å²) in [6, 6.07) is 4.84. The van der Waals surface area contributed by atoms with Gasteiger partial charge in [0.1, 0.15) is 17.6 Å². The standard InChI is InChI=1S/C14H12N4OS/c15-7-12(10-4-6-20-8-10)18-14(19)11-3-5-16-13(17-11)9-1-2-9/h3-6,8-9,12H,1-2H2,(H,18,19). The molecule has 0 radical (unpaired) electrons. The molecule has 100 valence electrons. The van der Waals surface area contributed by atoms with E-state index in [4.69, 9.17) is 5.26 Å². The molecule has 2 heterocycles. The average Bonchev–Trinajstić information content (AvgIpc) is 3.20. The first-order valence-electron chi connectivity index (χ1n) is 6.33. The van der Waals surface area contributed by atoms with Crippen molar-refractivity contribution in [3.63, 3.8) is 0 Å². The minimum atomic E-state index is -0.645. The fourth-order valence-corrected chi connectivity index (χ4v) is 2.56. The number of carbonyl (C=O) groups excluding carboxylic acids is 1. The number of thiophene rings is 1. The summed E-state index contributed by atoms with van der Waals surface area (Å²) in [7, 11) is 0. The molecular weight excluding hydrogens is 272 g/mol. The molecule has 1 unspecified atom stereocenters. The van der Waals surface area contributed by atoms with Gasteiger partial charge in [0.05, 0.1) is 6.07 Å². The Balaban J connectivity index is 1.75. The van der Waals surface area contributed by atoms with Crippen molar-refractivity contribution in [1.82, 2.24) is 15.3 Å². The molecule has 1 aliphatic rings. The number of hydrogen-bond donors (Lipinski definition) is 1. The highest BCUT2D eigenvalue weighted by Gasteiger charge is 2.27. The van der Waals surface area contributed by atoms with E-state index >= 15 is 0 Å². The summed E-state index contributed by atoms with van der Waals surface area (Å²) in [5, 5.41) is 15.6. The van der Waals surface area contributed by atoms with Gasteiger partial charge in [-0.2, -0.15) is 16.6 Å². The third-order valence-electron chi connectivity index (χ3n) is 3.13. The largest absolute Gasteiger partial charge is 0.331 e. The van der Waals surface area contributed by atoms with Crippen molar-refractivity contribution < 1.29 is 4.79 Å². The molecule has 0 aromatic carbocycles. The minimum absolute atomic E-state index is 0.317. The molecule has 1 amide bonds. The van der Waals surface area contributed by atoms with E-state index < -0.39 is 6.04 Å². The van der Waals surface area contributed by atoms with E-state index in [-0.39, 0.29) is 5.91 Å². The van der Waals surface area contributed by atoms with Crippen LogP contribution in [0.2, 0.25) is 0 Å². The van der Waals surface area contributed by atoms with Crippen molar-refractivity contribution in [3.05, 3.63) is 46.2 Å². The topological polar surface area (TPSA) is 78.7 Å². The number of hydrogen-bond acceptors (Lipinski definition) is 5. The Hall–Kier alpha value is -2.26. The molecule has 1 aliphatic carbocycles. The zero-order valence-corrected chi connectivity index (χ0v) is 11.4. The van der Waals surface area contributed by atoms with E-state index in [1.165, 1.54) is 11.3 Å². The second-order valence-corrected chi connectivity index (χ2v) is 5.45. The lowest BCUT2D eigenvalue weighted by Gasteiger charge is -2.10. The molecule has 0 aliphatic heterocycles. The van der Waals surface area contributed by atoms with Crippen molar-refractivity contribution in [3.8, 4) is 6.07 Å². The van der Waals surface area contributed by atoms with E-state index in [0.29, 0.717) is 11.6 Å². The Morgan fingerprint density at radius 1 is 1.50 bits per heavy atom. The maximum Gasteiger partial charge on any atom is 0.271 e. The van der Waals surface area contributed by atoms with Crippen LogP contribution in [0, 0.1) is 11.3 Å². The summed E-state index contributed by atoms with van der Waals surface area (Å²) in [6.45, 7) is 0. The Labute approximate surface area is 120 Å². The zero-order chi connectivity index (χ0) is 13.9. The fourth-order valence-electron chi connectivity index (χ4n) is 1.87. The number of nitrogens with one attached hydrogen (secondary N) is 1. The van der Waals surface area contributed by atoms with Gasteiger partial charge in [0.15, 0.2) is 0 Å². The molecule has 2 aromatic rings. The van der Waals surface area contributed by atoms with Crippen LogP contribution in [0.1, 0.15) is 46.7 Å². The monoisotopic (exact) mass is 284 g/mol. The molecular formula is C14H12N4OS. The summed E-state index contributed by atoms with van der Waals surface area (Å²) in [6.07, 6.45) is 3.77. The second-order valence-electron chi connectivity index (χ2n) is 4.67. The average molecular weight is 284 g/mol. The number of nitrogens with zero attached hydrogens (tertiary/aromatic N) is 3. The number of nitriles is 1. The molecule has 20 heavy (non-hydrogen) atoms. The molecule has 3 rings (SSSR count). The molecule has 1 saturated carbocycles. The number of amides is 1. The SMILES string of the molecule is N#CC(NC(=O)c1ccnc(C2CC2)n1)c1ccsc1. The quantitative estimate of drug-likeness (QED) is 0.935. The first kappa shape index (κ1) is 12.8. The van der Waals surface area contributed by atoms with Crippen LogP contribution in [0.5, 0.6) is 0 Å². The number of rotatable bonds is 4. The van der Waals surface area contributed by atoms with E-state index in [1.807, 2.05) is 16.8 Å². The van der Waals surface area contributed by atoms with Crippen LogP contribution in [0.15, 0.2) is 29.1 Å². The minimum Gasteiger partial charge on any atom is -0.331 e. The molecule has 1 N–H and O–H groups in total. The van der Waals surface area contributed by atoms with Gasteiger partial charge in [0, 0.05) is 12.1 Å². The summed E-state index contributed by atoms with van der Waals surface area (Å²) in [4.78, 5) is 20.6. The predicted molar refractivity (Wildman–Crippen MR) is 74.1 cm³/mol. The molecule has 2 aromatic heterocycles. The third-order valence-corrected chi connectivity index (χ3v) is 3.83. The van der Waals surface area contributed by atoms with E-state index in [9.17, 15) is 4.79 Å². The molecule has 0 spiro atoms. The van der Waals surface area contributed by atoms with Crippen LogP contribution < -0.4 is 5.32 Å². The van der Waals surface area contributed by atoms with Crippen molar-refractivity contribution in [2.45, 2.75) is 24.8 Å². The van der Waals surface area contributed by atoms with Gasteiger partial charge < -0.3 is 5.32 Å². The maximum atomic E-state index is 12.2. The van der Waals surface area contributed by atoms with Crippen LogP contribution in [0.3, 0.4) is 0 Å². The van der Waals surface area contributed by atoms with Gasteiger partial charge in [-0.05, 0) is 41.3 Å². The highest BCUT2D eigenvalue weighted by Crippen LogP contribution is 2.37. The van der Waals surface area contributed by atoms with Crippen molar-refractivity contribution in [2.24, 2.45) is 0 Å². The van der Waals surface area contributed by atoms with Gasteiger partial charge in [0.2, 0.25) is 0 Å².